The van der Waals surface area contributed by atoms with Crippen molar-refractivity contribution in [2.24, 2.45) is 5.92 Å². The van der Waals surface area contributed by atoms with Crippen molar-refractivity contribution in [3.8, 4) is 0 Å². The quantitative estimate of drug-likeness (QED) is 0.788. The Balaban J connectivity index is 1.52. The molecule has 1 amide bonds. The summed E-state index contributed by atoms with van der Waals surface area (Å²) in [6, 6.07) is 13.0. The van der Waals surface area contributed by atoms with E-state index in [1.165, 1.54) is 7.11 Å². The SMILES string of the molecule is COC(=O)C1CCN(C(=O)COC(=O)c2ccc3ccccc3c2)CC1. The van der Waals surface area contributed by atoms with Gasteiger partial charge in [0.05, 0.1) is 18.6 Å². The molecule has 6 nitrogen and oxygen atoms in total. The molecule has 0 aromatic heterocycles. The van der Waals surface area contributed by atoms with Gasteiger partial charge >= 0.3 is 11.9 Å². The molecule has 0 bridgehead atoms. The number of amides is 1. The minimum absolute atomic E-state index is 0.163. The fourth-order valence-corrected chi connectivity index (χ4v) is 3.15. The maximum absolute atomic E-state index is 12.2. The van der Waals surface area contributed by atoms with Gasteiger partial charge in [0.15, 0.2) is 6.61 Å². The number of hydrogen-bond acceptors (Lipinski definition) is 5. The van der Waals surface area contributed by atoms with Gasteiger partial charge < -0.3 is 14.4 Å². The van der Waals surface area contributed by atoms with Crippen molar-refractivity contribution in [2.45, 2.75) is 12.8 Å². The zero-order valence-electron chi connectivity index (χ0n) is 14.6. The van der Waals surface area contributed by atoms with E-state index in [0.717, 1.165) is 10.8 Å². The predicted octanol–water partition coefficient (Wildman–Crippen LogP) is 2.41. The third kappa shape index (κ3) is 4.02. The summed E-state index contributed by atoms with van der Waals surface area (Å²) in [5, 5.41) is 1.98. The van der Waals surface area contributed by atoms with Crippen LogP contribution >= 0.6 is 0 Å². The Labute approximate surface area is 151 Å². The van der Waals surface area contributed by atoms with Crippen molar-refractivity contribution < 1.29 is 23.9 Å². The number of nitrogens with zero attached hydrogens (tertiary/aromatic N) is 1. The standard InChI is InChI=1S/C20H21NO5/c1-25-19(23)15-8-10-21(11-9-15)18(22)13-26-20(24)17-7-6-14-4-2-3-5-16(14)12-17/h2-7,12,15H,8-11,13H2,1H3. The van der Waals surface area contributed by atoms with Gasteiger partial charge in [0.1, 0.15) is 0 Å². The molecule has 0 aliphatic carbocycles. The summed E-state index contributed by atoms with van der Waals surface area (Å²) in [6.45, 7) is 0.632. The second-order valence-electron chi connectivity index (χ2n) is 6.32. The summed E-state index contributed by atoms with van der Waals surface area (Å²) in [4.78, 5) is 37.6. The molecule has 2 aromatic carbocycles. The van der Waals surface area contributed by atoms with E-state index in [0.29, 0.717) is 31.5 Å². The van der Waals surface area contributed by atoms with Crippen LogP contribution in [-0.4, -0.2) is 49.6 Å². The topological polar surface area (TPSA) is 72.9 Å². The normalized spacial score (nSPS) is 14.9. The summed E-state index contributed by atoms with van der Waals surface area (Å²) in [5.74, 6) is -1.17. The van der Waals surface area contributed by atoms with E-state index in [-0.39, 0.29) is 24.4 Å². The number of piperidine rings is 1. The highest BCUT2D eigenvalue weighted by atomic mass is 16.5. The lowest BCUT2D eigenvalue weighted by atomic mass is 9.97. The van der Waals surface area contributed by atoms with Gasteiger partial charge in [-0.15, -0.1) is 0 Å². The summed E-state index contributed by atoms with van der Waals surface area (Å²) >= 11 is 0. The Morgan fingerprint density at radius 3 is 2.42 bits per heavy atom. The van der Waals surface area contributed by atoms with Gasteiger partial charge in [-0.05, 0) is 35.7 Å². The maximum Gasteiger partial charge on any atom is 0.338 e. The predicted molar refractivity (Wildman–Crippen MR) is 95.6 cm³/mol. The highest BCUT2D eigenvalue weighted by Gasteiger charge is 2.28. The Hall–Kier alpha value is -2.89. The lowest BCUT2D eigenvalue weighted by molar-refractivity contribution is -0.149. The molecule has 0 N–H and O–H groups in total. The van der Waals surface area contributed by atoms with Gasteiger partial charge in [0, 0.05) is 13.1 Å². The Kier molecular flexibility index (Phi) is 5.51. The minimum atomic E-state index is -0.520. The van der Waals surface area contributed by atoms with Crippen LogP contribution in [0.25, 0.3) is 10.8 Å². The van der Waals surface area contributed by atoms with Gasteiger partial charge in [-0.3, -0.25) is 9.59 Å². The number of rotatable bonds is 4. The molecule has 0 radical (unpaired) electrons. The molecule has 136 valence electrons. The largest absolute Gasteiger partial charge is 0.469 e. The van der Waals surface area contributed by atoms with E-state index in [2.05, 4.69) is 0 Å². The fourth-order valence-electron chi connectivity index (χ4n) is 3.15. The number of hydrogen-bond donors (Lipinski definition) is 0. The molecule has 0 saturated carbocycles. The molecule has 1 aliphatic rings. The van der Waals surface area contributed by atoms with Crippen LogP contribution in [0.2, 0.25) is 0 Å². The molecule has 26 heavy (non-hydrogen) atoms. The zero-order chi connectivity index (χ0) is 18.5. The second kappa shape index (κ2) is 7.99. The van der Waals surface area contributed by atoms with E-state index in [1.807, 2.05) is 30.3 Å². The Morgan fingerprint density at radius 1 is 1.04 bits per heavy atom. The first-order valence-corrected chi connectivity index (χ1v) is 8.60. The molecule has 1 heterocycles. The third-order valence-corrected chi connectivity index (χ3v) is 4.69. The molecular weight excluding hydrogens is 334 g/mol. The van der Waals surface area contributed by atoms with Crippen LogP contribution in [0.4, 0.5) is 0 Å². The first-order valence-electron chi connectivity index (χ1n) is 8.60. The van der Waals surface area contributed by atoms with Crippen LogP contribution in [0.15, 0.2) is 42.5 Å². The van der Waals surface area contributed by atoms with Crippen LogP contribution in [0.3, 0.4) is 0 Å². The highest BCUT2D eigenvalue weighted by molar-refractivity contribution is 5.96. The Bertz CT molecular complexity index is 824. The number of carbonyl (C=O) groups is 3. The zero-order valence-corrected chi connectivity index (χ0v) is 14.6. The third-order valence-electron chi connectivity index (χ3n) is 4.69. The summed E-state index contributed by atoms with van der Waals surface area (Å²) < 4.78 is 9.90. The number of carbonyl (C=O) groups excluding carboxylic acids is 3. The fraction of sp³-hybridized carbons (Fsp3) is 0.350. The van der Waals surface area contributed by atoms with Crippen LogP contribution in [0.5, 0.6) is 0 Å². The van der Waals surface area contributed by atoms with Crippen LogP contribution in [-0.2, 0) is 19.1 Å². The number of fused-ring (bicyclic) bond motifs is 1. The molecule has 1 aliphatic heterocycles. The first kappa shape index (κ1) is 17.9. The molecule has 6 heteroatoms. The van der Waals surface area contributed by atoms with Gasteiger partial charge in [-0.25, -0.2) is 4.79 Å². The van der Waals surface area contributed by atoms with E-state index >= 15 is 0 Å². The number of ether oxygens (including phenoxy) is 2. The summed E-state index contributed by atoms with van der Waals surface area (Å²) in [7, 11) is 1.37. The lowest BCUT2D eigenvalue weighted by Gasteiger charge is -2.30. The molecule has 0 unspecified atom stereocenters. The summed E-state index contributed by atoms with van der Waals surface area (Å²) in [5.41, 5.74) is 0.417. The Morgan fingerprint density at radius 2 is 1.73 bits per heavy atom. The van der Waals surface area contributed by atoms with E-state index in [9.17, 15) is 14.4 Å². The van der Waals surface area contributed by atoms with Crippen molar-refractivity contribution >= 4 is 28.6 Å². The number of benzene rings is 2. The van der Waals surface area contributed by atoms with Crippen molar-refractivity contribution in [3.63, 3.8) is 0 Å². The smallest absolute Gasteiger partial charge is 0.338 e. The minimum Gasteiger partial charge on any atom is -0.469 e. The highest BCUT2D eigenvalue weighted by Crippen LogP contribution is 2.19. The summed E-state index contributed by atoms with van der Waals surface area (Å²) in [6.07, 6.45) is 1.13. The van der Waals surface area contributed by atoms with Crippen molar-refractivity contribution in [1.82, 2.24) is 4.90 Å². The average Bonchev–Trinajstić information content (AvgIpc) is 2.70. The average molecular weight is 355 g/mol. The van der Waals surface area contributed by atoms with Crippen molar-refractivity contribution in [1.29, 1.82) is 0 Å². The van der Waals surface area contributed by atoms with E-state index in [1.54, 1.807) is 17.0 Å². The van der Waals surface area contributed by atoms with Gasteiger partial charge in [-0.2, -0.15) is 0 Å². The number of methoxy groups -OCH3 is 1. The molecular formula is C20H21NO5. The molecule has 0 spiro atoms. The molecule has 2 aromatic rings. The van der Waals surface area contributed by atoms with Crippen LogP contribution in [0, 0.1) is 5.92 Å². The van der Waals surface area contributed by atoms with Gasteiger partial charge in [-0.1, -0.05) is 30.3 Å². The molecule has 1 fully saturated rings. The van der Waals surface area contributed by atoms with Crippen LogP contribution < -0.4 is 0 Å². The monoisotopic (exact) mass is 355 g/mol. The molecule has 0 atom stereocenters. The number of likely N-dealkylation sites (tertiary alicyclic amines) is 1. The van der Waals surface area contributed by atoms with Crippen molar-refractivity contribution in [2.75, 3.05) is 26.8 Å². The lowest BCUT2D eigenvalue weighted by Crippen LogP contribution is -2.42. The van der Waals surface area contributed by atoms with Crippen molar-refractivity contribution in [3.05, 3.63) is 48.0 Å². The molecule has 3 rings (SSSR count). The van der Waals surface area contributed by atoms with Gasteiger partial charge in [0.2, 0.25) is 0 Å². The van der Waals surface area contributed by atoms with Crippen LogP contribution in [0.1, 0.15) is 23.2 Å². The second-order valence-corrected chi connectivity index (χ2v) is 6.32. The maximum atomic E-state index is 12.2. The van der Waals surface area contributed by atoms with Gasteiger partial charge in [0.25, 0.3) is 5.91 Å². The number of esters is 2. The first-order chi connectivity index (χ1) is 12.6. The molecule has 1 saturated heterocycles. The van der Waals surface area contributed by atoms with E-state index < -0.39 is 5.97 Å². The van der Waals surface area contributed by atoms with E-state index in [4.69, 9.17) is 9.47 Å².